The van der Waals surface area contributed by atoms with Gasteiger partial charge in [-0.1, -0.05) is 11.3 Å². The van der Waals surface area contributed by atoms with Crippen LogP contribution in [0.2, 0.25) is 0 Å². The molecule has 37 heavy (non-hydrogen) atoms. The minimum Gasteiger partial charge on any atom is -0.443 e. The van der Waals surface area contributed by atoms with E-state index < -0.39 is 23.4 Å². The van der Waals surface area contributed by atoms with Gasteiger partial charge in [0.15, 0.2) is 5.82 Å². The van der Waals surface area contributed by atoms with E-state index in [1.165, 1.54) is 23.4 Å². The molecule has 0 fully saturated rings. The SMILES string of the molecule is CC(C)(C)OC(=O)N(c1ccc2c(cnn2C(=O)OC(C)(C)C)c1)c1nnc(-c2ccnc(N=O)c2)s1. The monoisotopic (exact) mass is 523 g/mol. The van der Waals surface area contributed by atoms with E-state index in [9.17, 15) is 14.5 Å². The Bertz CT molecular complexity index is 1480. The van der Waals surface area contributed by atoms with E-state index in [4.69, 9.17) is 9.47 Å². The first-order chi connectivity index (χ1) is 17.3. The maximum absolute atomic E-state index is 13.3. The average Bonchev–Trinajstić information content (AvgIpc) is 3.44. The van der Waals surface area contributed by atoms with E-state index in [1.807, 2.05) is 0 Å². The highest BCUT2D eigenvalue weighted by atomic mass is 32.1. The van der Waals surface area contributed by atoms with E-state index in [1.54, 1.807) is 65.8 Å². The Morgan fingerprint density at radius 3 is 2.41 bits per heavy atom. The maximum atomic E-state index is 13.3. The van der Waals surface area contributed by atoms with Crippen LogP contribution in [0.4, 0.5) is 26.2 Å². The molecule has 0 aliphatic heterocycles. The van der Waals surface area contributed by atoms with Crippen LogP contribution in [0.1, 0.15) is 41.5 Å². The Morgan fingerprint density at radius 2 is 1.73 bits per heavy atom. The number of amides is 1. The van der Waals surface area contributed by atoms with Crippen LogP contribution in [0, 0.1) is 4.91 Å². The van der Waals surface area contributed by atoms with E-state index in [2.05, 4.69) is 25.5 Å². The van der Waals surface area contributed by atoms with Gasteiger partial charge in [-0.2, -0.15) is 9.78 Å². The van der Waals surface area contributed by atoms with E-state index in [0.717, 1.165) is 16.0 Å². The van der Waals surface area contributed by atoms with Crippen molar-refractivity contribution in [3.8, 4) is 10.6 Å². The van der Waals surface area contributed by atoms with Gasteiger partial charge in [-0.3, -0.25) is 0 Å². The van der Waals surface area contributed by atoms with Gasteiger partial charge in [-0.25, -0.2) is 19.5 Å². The summed E-state index contributed by atoms with van der Waals surface area (Å²) in [6, 6.07) is 8.14. The lowest BCUT2D eigenvalue weighted by Gasteiger charge is -2.25. The summed E-state index contributed by atoms with van der Waals surface area (Å²) >= 11 is 1.12. The Hall–Kier alpha value is -4.26. The second-order valence-corrected chi connectivity index (χ2v) is 10.9. The number of hydrogen-bond donors (Lipinski definition) is 0. The number of nitroso groups, excluding NO2 is 1. The minimum atomic E-state index is -0.774. The molecular formula is C24H25N7O5S. The van der Waals surface area contributed by atoms with Gasteiger partial charge in [0.1, 0.15) is 16.2 Å². The van der Waals surface area contributed by atoms with Crippen molar-refractivity contribution in [2.75, 3.05) is 4.90 Å². The summed E-state index contributed by atoms with van der Waals surface area (Å²) in [6.45, 7) is 10.6. The van der Waals surface area contributed by atoms with Crippen molar-refractivity contribution >= 4 is 51.1 Å². The molecule has 0 aliphatic carbocycles. The van der Waals surface area contributed by atoms with Gasteiger partial charge in [0.25, 0.3) is 0 Å². The molecule has 1 amide bonds. The highest BCUT2D eigenvalue weighted by Gasteiger charge is 2.29. The predicted octanol–water partition coefficient (Wildman–Crippen LogP) is 6.20. The van der Waals surface area contributed by atoms with Crippen LogP contribution in [0.5, 0.6) is 0 Å². The van der Waals surface area contributed by atoms with Gasteiger partial charge >= 0.3 is 12.2 Å². The van der Waals surface area contributed by atoms with Crippen LogP contribution in [0.15, 0.2) is 47.9 Å². The predicted molar refractivity (Wildman–Crippen MR) is 138 cm³/mol. The smallest absolute Gasteiger partial charge is 0.435 e. The number of carbonyl (C=O) groups is 2. The minimum absolute atomic E-state index is 0.00528. The van der Waals surface area contributed by atoms with Crippen molar-refractivity contribution in [2.45, 2.75) is 52.7 Å². The second-order valence-electron chi connectivity index (χ2n) is 9.98. The van der Waals surface area contributed by atoms with Gasteiger partial charge in [-0.05, 0) is 77.1 Å². The van der Waals surface area contributed by atoms with Gasteiger partial charge in [0.05, 0.1) is 17.4 Å². The lowest BCUT2D eigenvalue weighted by Crippen LogP contribution is -2.33. The number of carbonyl (C=O) groups excluding carboxylic acids is 2. The summed E-state index contributed by atoms with van der Waals surface area (Å²) in [5.74, 6) is 0.00528. The molecule has 13 heteroatoms. The zero-order valence-corrected chi connectivity index (χ0v) is 21.9. The Morgan fingerprint density at radius 1 is 1.00 bits per heavy atom. The number of ether oxygens (including phenoxy) is 2. The highest BCUT2D eigenvalue weighted by Crippen LogP contribution is 2.36. The number of nitrogens with zero attached hydrogens (tertiary/aromatic N) is 7. The summed E-state index contributed by atoms with van der Waals surface area (Å²) in [7, 11) is 0. The molecule has 0 aliphatic rings. The summed E-state index contributed by atoms with van der Waals surface area (Å²) < 4.78 is 12.2. The van der Waals surface area contributed by atoms with Crippen LogP contribution in [-0.2, 0) is 9.47 Å². The number of aromatic nitrogens is 5. The molecule has 0 atom stereocenters. The molecule has 0 N–H and O–H groups in total. The van der Waals surface area contributed by atoms with Crippen molar-refractivity contribution in [1.29, 1.82) is 0 Å². The topological polar surface area (TPSA) is 142 Å². The molecule has 0 spiro atoms. The van der Waals surface area contributed by atoms with Crippen LogP contribution in [-0.4, -0.2) is 48.4 Å². The number of benzene rings is 1. The molecule has 3 heterocycles. The molecule has 3 aromatic heterocycles. The molecule has 4 rings (SSSR count). The lowest BCUT2D eigenvalue weighted by atomic mass is 10.2. The first kappa shape index (κ1) is 25.8. The Balaban J connectivity index is 1.74. The normalized spacial score (nSPS) is 11.8. The number of anilines is 2. The number of rotatable bonds is 4. The van der Waals surface area contributed by atoms with Crippen LogP contribution in [0.25, 0.3) is 21.5 Å². The maximum Gasteiger partial charge on any atom is 0.435 e. The van der Waals surface area contributed by atoms with Crippen molar-refractivity contribution in [3.05, 3.63) is 47.6 Å². The van der Waals surface area contributed by atoms with Gasteiger partial charge < -0.3 is 9.47 Å². The van der Waals surface area contributed by atoms with E-state index in [-0.39, 0.29) is 10.9 Å². The largest absolute Gasteiger partial charge is 0.443 e. The molecule has 12 nitrogen and oxygen atoms in total. The molecule has 0 radical (unpaired) electrons. The fourth-order valence-corrected chi connectivity index (χ4v) is 4.09. The molecule has 1 aromatic carbocycles. The van der Waals surface area contributed by atoms with Gasteiger partial charge in [0, 0.05) is 17.1 Å². The standard InChI is InChI=1S/C24H25N7O5S/c1-23(2,3)35-21(32)30(20-28-27-19(37-20)14-9-10-25-18(12-14)29-34)16-7-8-17-15(11-16)13-26-31(17)22(33)36-24(4,5)6/h7-13H,1-6H3. The van der Waals surface area contributed by atoms with Crippen LogP contribution < -0.4 is 4.90 Å². The summed E-state index contributed by atoms with van der Waals surface area (Å²) in [4.78, 5) is 41.9. The van der Waals surface area contributed by atoms with Crippen molar-refractivity contribution in [2.24, 2.45) is 5.18 Å². The van der Waals surface area contributed by atoms with Crippen molar-refractivity contribution < 1.29 is 19.1 Å². The Kier molecular flexibility index (Phi) is 6.74. The van der Waals surface area contributed by atoms with Crippen molar-refractivity contribution in [3.63, 3.8) is 0 Å². The summed E-state index contributed by atoms with van der Waals surface area (Å²) in [6.07, 6.45) is 1.66. The molecule has 0 bridgehead atoms. The summed E-state index contributed by atoms with van der Waals surface area (Å²) in [5, 5.41) is 16.7. The third kappa shape index (κ3) is 5.94. The number of hydrogen-bond acceptors (Lipinski definition) is 11. The molecule has 0 saturated carbocycles. The first-order valence-corrected chi connectivity index (χ1v) is 12.0. The third-order valence-electron chi connectivity index (χ3n) is 4.64. The van der Waals surface area contributed by atoms with Crippen molar-refractivity contribution in [1.82, 2.24) is 25.0 Å². The molecular weight excluding hydrogens is 498 g/mol. The Labute approximate surface area is 216 Å². The summed E-state index contributed by atoms with van der Waals surface area (Å²) in [5.41, 5.74) is 0.0513. The number of fused-ring (bicyclic) bond motifs is 1. The molecule has 4 aromatic rings. The second kappa shape index (κ2) is 9.65. The van der Waals surface area contributed by atoms with E-state index >= 15 is 0 Å². The zero-order chi connectivity index (χ0) is 27.0. The van der Waals surface area contributed by atoms with E-state index in [0.29, 0.717) is 27.2 Å². The van der Waals surface area contributed by atoms with Gasteiger partial charge in [0.2, 0.25) is 5.13 Å². The fourth-order valence-electron chi connectivity index (χ4n) is 3.24. The highest BCUT2D eigenvalue weighted by molar-refractivity contribution is 7.18. The quantitative estimate of drug-likeness (QED) is 0.285. The zero-order valence-electron chi connectivity index (χ0n) is 21.1. The first-order valence-electron chi connectivity index (χ1n) is 11.2. The molecule has 192 valence electrons. The fraction of sp³-hybridized carbons (Fsp3) is 0.333. The lowest BCUT2D eigenvalue weighted by molar-refractivity contribution is 0.0521. The number of pyridine rings is 1. The third-order valence-corrected chi connectivity index (χ3v) is 5.60. The molecule has 0 unspecified atom stereocenters. The molecule has 0 saturated heterocycles. The van der Waals surface area contributed by atoms with Crippen LogP contribution in [0.3, 0.4) is 0 Å². The average molecular weight is 524 g/mol. The van der Waals surface area contributed by atoms with Gasteiger partial charge in [-0.15, -0.1) is 15.1 Å². The van der Waals surface area contributed by atoms with Crippen LogP contribution >= 0.6 is 11.3 Å².